The van der Waals surface area contributed by atoms with Gasteiger partial charge in [0.25, 0.3) is 5.69 Å². The van der Waals surface area contributed by atoms with Crippen molar-refractivity contribution >= 4 is 5.69 Å². The number of hydrogen-bond donors (Lipinski definition) is 1. The summed E-state index contributed by atoms with van der Waals surface area (Å²) in [5.41, 5.74) is 0.981. The molecule has 0 aromatic heterocycles. The van der Waals surface area contributed by atoms with Crippen LogP contribution in [0.15, 0.2) is 36.4 Å². The molecule has 1 fully saturated rings. The monoisotopic (exact) mass is 258 g/mol. The summed E-state index contributed by atoms with van der Waals surface area (Å²) >= 11 is 0. The average Bonchev–Trinajstić information content (AvgIpc) is 3.01. The topological polar surface area (TPSA) is 55.2 Å². The molecular formula is C15H18N2O2. The number of nitrogens with one attached hydrogen (secondary N) is 1. The predicted octanol–water partition coefficient (Wildman–Crippen LogP) is 2.90. The van der Waals surface area contributed by atoms with Gasteiger partial charge in [-0.2, -0.15) is 0 Å². The molecular weight excluding hydrogens is 240 g/mol. The molecule has 19 heavy (non-hydrogen) atoms. The van der Waals surface area contributed by atoms with Crippen LogP contribution in [0, 0.1) is 27.9 Å². The van der Waals surface area contributed by atoms with E-state index in [1.807, 2.05) is 12.1 Å². The van der Waals surface area contributed by atoms with Crippen molar-refractivity contribution < 1.29 is 4.92 Å². The molecule has 4 heteroatoms. The number of allylic oxidation sites excluding steroid dienone is 2. The maximum absolute atomic E-state index is 10.9. The molecule has 0 radical (unpaired) electrons. The Balaban J connectivity index is 1.55. The summed E-state index contributed by atoms with van der Waals surface area (Å²) in [6, 6.07) is 6.95. The summed E-state index contributed by atoms with van der Waals surface area (Å²) in [4.78, 5) is 10.6. The SMILES string of the molecule is O=[N+]([O-])c1ccccc1CNCC1CC2C=CC1C2. The fourth-order valence-electron chi connectivity index (χ4n) is 3.36. The van der Waals surface area contributed by atoms with Crippen LogP contribution in [-0.2, 0) is 6.54 Å². The Kier molecular flexibility index (Phi) is 3.34. The lowest BCUT2D eigenvalue weighted by molar-refractivity contribution is -0.385. The first-order valence-corrected chi connectivity index (χ1v) is 6.85. The molecule has 3 atom stereocenters. The molecule has 0 saturated heterocycles. The molecule has 0 spiro atoms. The summed E-state index contributed by atoms with van der Waals surface area (Å²) in [5, 5.41) is 14.3. The van der Waals surface area contributed by atoms with E-state index in [2.05, 4.69) is 17.5 Å². The van der Waals surface area contributed by atoms with E-state index in [4.69, 9.17) is 0 Å². The molecule has 1 N–H and O–H groups in total. The van der Waals surface area contributed by atoms with E-state index in [0.717, 1.165) is 23.9 Å². The molecule has 4 nitrogen and oxygen atoms in total. The Morgan fingerprint density at radius 3 is 2.79 bits per heavy atom. The Hall–Kier alpha value is -1.68. The van der Waals surface area contributed by atoms with Crippen LogP contribution in [-0.4, -0.2) is 11.5 Å². The van der Waals surface area contributed by atoms with Gasteiger partial charge in [0, 0.05) is 18.2 Å². The highest BCUT2D eigenvalue weighted by molar-refractivity contribution is 5.39. The summed E-state index contributed by atoms with van der Waals surface area (Å²) in [5.74, 6) is 2.21. The Morgan fingerprint density at radius 2 is 2.11 bits per heavy atom. The van der Waals surface area contributed by atoms with Gasteiger partial charge in [-0.05, 0) is 37.1 Å². The van der Waals surface area contributed by atoms with Crippen molar-refractivity contribution in [3.05, 3.63) is 52.1 Å². The van der Waals surface area contributed by atoms with Gasteiger partial charge in [0.1, 0.15) is 0 Å². The smallest absolute Gasteiger partial charge is 0.273 e. The van der Waals surface area contributed by atoms with Crippen LogP contribution in [0.5, 0.6) is 0 Å². The molecule has 1 saturated carbocycles. The van der Waals surface area contributed by atoms with Gasteiger partial charge in [0.05, 0.1) is 4.92 Å². The molecule has 3 unspecified atom stereocenters. The van der Waals surface area contributed by atoms with Gasteiger partial charge in [-0.1, -0.05) is 30.4 Å². The van der Waals surface area contributed by atoms with Gasteiger partial charge < -0.3 is 5.32 Å². The molecule has 0 heterocycles. The van der Waals surface area contributed by atoms with E-state index in [9.17, 15) is 10.1 Å². The van der Waals surface area contributed by atoms with Crippen LogP contribution in [0.25, 0.3) is 0 Å². The van der Waals surface area contributed by atoms with E-state index in [-0.39, 0.29) is 10.6 Å². The van der Waals surface area contributed by atoms with E-state index in [1.54, 1.807) is 12.1 Å². The number of benzene rings is 1. The molecule has 2 aliphatic rings. The van der Waals surface area contributed by atoms with Crippen LogP contribution in [0.3, 0.4) is 0 Å². The molecule has 100 valence electrons. The maximum Gasteiger partial charge on any atom is 0.273 e. The molecule has 0 amide bonds. The Bertz CT molecular complexity index is 513. The lowest BCUT2D eigenvalue weighted by atomic mass is 9.93. The zero-order valence-electron chi connectivity index (χ0n) is 10.8. The number of para-hydroxylation sites is 1. The molecule has 0 aliphatic heterocycles. The van der Waals surface area contributed by atoms with Crippen molar-refractivity contribution in [3.63, 3.8) is 0 Å². The first kappa shape index (κ1) is 12.4. The first-order chi connectivity index (χ1) is 9.24. The normalized spacial score (nSPS) is 27.9. The minimum absolute atomic E-state index is 0.211. The maximum atomic E-state index is 10.9. The third-order valence-electron chi connectivity index (χ3n) is 4.33. The third kappa shape index (κ3) is 2.54. The second-order valence-electron chi connectivity index (χ2n) is 5.56. The molecule has 3 rings (SSSR count). The minimum Gasteiger partial charge on any atom is -0.312 e. The number of nitro groups is 1. The van der Waals surface area contributed by atoms with Crippen molar-refractivity contribution in [1.82, 2.24) is 5.32 Å². The van der Waals surface area contributed by atoms with Crippen LogP contribution < -0.4 is 5.32 Å². The van der Waals surface area contributed by atoms with Crippen molar-refractivity contribution in [2.75, 3.05) is 6.54 Å². The number of fused-ring (bicyclic) bond motifs is 2. The van der Waals surface area contributed by atoms with Gasteiger partial charge in [-0.3, -0.25) is 10.1 Å². The second kappa shape index (κ2) is 5.13. The van der Waals surface area contributed by atoms with Gasteiger partial charge in [0.15, 0.2) is 0 Å². The lowest BCUT2D eigenvalue weighted by Crippen LogP contribution is -2.25. The molecule has 1 aromatic carbocycles. The fourth-order valence-corrected chi connectivity index (χ4v) is 3.36. The van der Waals surface area contributed by atoms with E-state index in [0.29, 0.717) is 12.5 Å². The summed E-state index contributed by atoms with van der Waals surface area (Å²) in [6.45, 7) is 1.53. The van der Waals surface area contributed by atoms with Crippen LogP contribution in [0.4, 0.5) is 5.69 Å². The minimum atomic E-state index is -0.308. The highest BCUT2D eigenvalue weighted by Crippen LogP contribution is 2.42. The number of nitro benzene ring substituents is 1. The summed E-state index contributed by atoms with van der Waals surface area (Å²) in [6.07, 6.45) is 7.25. The predicted molar refractivity (Wildman–Crippen MR) is 73.6 cm³/mol. The third-order valence-corrected chi connectivity index (χ3v) is 4.33. The average molecular weight is 258 g/mol. The van der Waals surface area contributed by atoms with Crippen molar-refractivity contribution in [2.45, 2.75) is 19.4 Å². The quantitative estimate of drug-likeness (QED) is 0.502. The highest BCUT2D eigenvalue weighted by atomic mass is 16.6. The Morgan fingerprint density at radius 1 is 1.26 bits per heavy atom. The van der Waals surface area contributed by atoms with Crippen molar-refractivity contribution in [3.8, 4) is 0 Å². The lowest BCUT2D eigenvalue weighted by Gasteiger charge is -2.18. The molecule has 2 bridgehead atoms. The summed E-state index contributed by atoms with van der Waals surface area (Å²) in [7, 11) is 0. The van der Waals surface area contributed by atoms with E-state index < -0.39 is 0 Å². The number of hydrogen-bond acceptors (Lipinski definition) is 3. The number of nitrogens with zero attached hydrogens (tertiary/aromatic N) is 1. The summed E-state index contributed by atoms with van der Waals surface area (Å²) < 4.78 is 0. The number of rotatable bonds is 5. The zero-order valence-corrected chi connectivity index (χ0v) is 10.8. The second-order valence-corrected chi connectivity index (χ2v) is 5.56. The first-order valence-electron chi connectivity index (χ1n) is 6.85. The van der Waals surface area contributed by atoms with Crippen molar-refractivity contribution in [1.29, 1.82) is 0 Å². The van der Waals surface area contributed by atoms with Crippen LogP contribution in [0.2, 0.25) is 0 Å². The van der Waals surface area contributed by atoms with Gasteiger partial charge in [-0.25, -0.2) is 0 Å². The standard InChI is InChI=1S/C15H18N2O2/c18-17(19)15-4-2-1-3-13(15)9-16-10-14-8-11-5-6-12(14)7-11/h1-6,11-12,14,16H,7-10H2. The highest BCUT2D eigenvalue weighted by Gasteiger charge is 2.34. The van der Waals surface area contributed by atoms with E-state index >= 15 is 0 Å². The molecule has 2 aliphatic carbocycles. The van der Waals surface area contributed by atoms with Gasteiger partial charge >= 0.3 is 0 Å². The Labute approximate surface area is 112 Å². The fraction of sp³-hybridized carbons (Fsp3) is 0.467. The van der Waals surface area contributed by atoms with E-state index in [1.165, 1.54) is 12.8 Å². The largest absolute Gasteiger partial charge is 0.312 e. The zero-order chi connectivity index (χ0) is 13.2. The van der Waals surface area contributed by atoms with Crippen LogP contribution in [0.1, 0.15) is 18.4 Å². The van der Waals surface area contributed by atoms with Gasteiger partial charge in [-0.15, -0.1) is 0 Å². The van der Waals surface area contributed by atoms with Crippen molar-refractivity contribution in [2.24, 2.45) is 17.8 Å². The van der Waals surface area contributed by atoms with Crippen LogP contribution >= 0.6 is 0 Å². The molecule has 1 aromatic rings. The van der Waals surface area contributed by atoms with Gasteiger partial charge in [0.2, 0.25) is 0 Å².